The molecule has 3 rings (SSSR count). The second-order valence-electron chi connectivity index (χ2n) is 3.84. The van der Waals surface area contributed by atoms with Crippen LogP contribution in [-0.2, 0) is 17.8 Å². The van der Waals surface area contributed by atoms with Crippen LogP contribution < -0.4 is 0 Å². The van der Waals surface area contributed by atoms with Gasteiger partial charge in [-0.1, -0.05) is 28.1 Å². The number of aromatic amines is 1. The lowest BCUT2D eigenvalue weighted by Gasteiger charge is -2.12. The molecule has 3 nitrogen and oxygen atoms in total. The average Bonchev–Trinajstić information content (AvgIpc) is 2.74. The molecule has 0 amide bonds. The highest BCUT2D eigenvalue weighted by Gasteiger charge is 2.17. The molecule has 82 valence electrons. The van der Waals surface area contributed by atoms with Crippen LogP contribution in [0.15, 0.2) is 28.7 Å². The van der Waals surface area contributed by atoms with E-state index in [1.807, 2.05) is 12.1 Å². The van der Waals surface area contributed by atoms with Gasteiger partial charge in [-0.05, 0) is 12.1 Å². The van der Waals surface area contributed by atoms with E-state index in [4.69, 9.17) is 4.74 Å². The third-order valence-corrected chi connectivity index (χ3v) is 3.34. The molecule has 1 aliphatic heterocycles. The lowest BCUT2D eigenvalue weighted by atomic mass is 10.0. The highest BCUT2D eigenvalue weighted by Crippen LogP contribution is 2.27. The van der Waals surface area contributed by atoms with Crippen LogP contribution in [0.5, 0.6) is 0 Å². The van der Waals surface area contributed by atoms with Gasteiger partial charge in [0.25, 0.3) is 0 Å². The number of hydrogen-bond donors (Lipinski definition) is 1. The molecular weight excluding hydrogens is 268 g/mol. The van der Waals surface area contributed by atoms with Gasteiger partial charge in [0.1, 0.15) is 0 Å². The van der Waals surface area contributed by atoms with Gasteiger partial charge in [0.05, 0.1) is 18.9 Å². The van der Waals surface area contributed by atoms with Crippen LogP contribution in [0.25, 0.3) is 11.3 Å². The highest BCUT2D eigenvalue weighted by molar-refractivity contribution is 9.10. The van der Waals surface area contributed by atoms with Crippen LogP contribution in [0.2, 0.25) is 0 Å². The molecule has 2 aromatic rings. The summed E-state index contributed by atoms with van der Waals surface area (Å²) in [5.41, 5.74) is 4.56. The Morgan fingerprint density at radius 3 is 2.88 bits per heavy atom. The second kappa shape index (κ2) is 4.03. The normalized spacial score (nSPS) is 14.8. The van der Waals surface area contributed by atoms with Gasteiger partial charge in [-0.2, -0.15) is 5.10 Å². The van der Waals surface area contributed by atoms with Crippen molar-refractivity contribution in [2.75, 3.05) is 6.61 Å². The first-order valence-corrected chi connectivity index (χ1v) is 6.04. The SMILES string of the molecule is Brc1ccc(-c2n[nH]c3c2COCC3)cc1. The Bertz CT molecular complexity index is 504. The second-order valence-corrected chi connectivity index (χ2v) is 4.75. The minimum absolute atomic E-state index is 0.664. The largest absolute Gasteiger partial charge is 0.376 e. The van der Waals surface area contributed by atoms with Crippen LogP contribution in [-0.4, -0.2) is 16.8 Å². The van der Waals surface area contributed by atoms with E-state index in [0.29, 0.717) is 6.61 Å². The summed E-state index contributed by atoms with van der Waals surface area (Å²) in [6.45, 7) is 1.45. The molecule has 0 aliphatic carbocycles. The maximum atomic E-state index is 5.47. The molecule has 0 saturated carbocycles. The Morgan fingerprint density at radius 2 is 2.06 bits per heavy atom. The summed E-state index contributed by atoms with van der Waals surface area (Å²) >= 11 is 3.43. The van der Waals surface area contributed by atoms with E-state index in [2.05, 4.69) is 38.3 Å². The molecule has 16 heavy (non-hydrogen) atoms. The summed E-state index contributed by atoms with van der Waals surface area (Å²) < 4.78 is 6.55. The molecule has 0 radical (unpaired) electrons. The lowest BCUT2D eigenvalue weighted by molar-refractivity contribution is 0.110. The van der Waals surface area contributed by atoms with E-state index in [9.17, 15) is 0 Å². The van der Waals surface area contributed by atoms with Crippen molar-refractivity contribution in [3.05, 3.63) is 40.0 Å². The summed E-state index contributed by atoms with van der Waals surface area (Å²) in [6, 6.07) is 8.18. The van der Waals surface area contributed by atoms with E-state index >= 15 is 0 Å². The van der Waals surface area contributed by atoms with E-state index in [1.165, 1.54) is 11.3 Å². The summed E-state index contributed by atoms with van der Waals surface area (Å²) in [5, 5.41) is 7.48. The molecule has 0 spiro atoms. The Balaban J connectivity index is 2.06. The zero-order chi connectivity index (χ0) is 11.0. The Morgan fingerprint density at radius 1 is 1.25 bits per heavy atom. The van der Waals surface area contributed by atoms with Crippen LogP contribution in [0.3, 0.4) is 0 Å². The van der Waals surface area contributed by atoms with Crippen molar-refractivity contribution < 1.29 is 4.74 Å². The molecule has 2 heterocycles. The minimum Gasteiger partial charge on any atom is -0.376 e. The Kier molecular flexibility index (Phi) is 2.53. The molecule has 0 atom stereocenters. The van der Waals surface area contributed by atoms with Gasteiger partial charge in [-0.25, -0.2) is 0 Å². The fourth-order valence-electron chi connectivity index (χ4n) is 1.96. The molecule has 1 N–H and O–H groups in total. The third kappa shape index (κ3) is 1.68. The van der Waals surface area contributed by atoms with Crippen molar-refractivity contribution in [2.45, 2.75) is 13.0 Å². The molecule has 4 heteroatoms. The number of nitrogens with zero attached hydrogens (tertiary/aromatic N) is 1. The number of halogens is 1. The first kappa shape index (κ1) is 10.1. The zero-order valence-electron chi connectivity index (χ0n) is 8.66. The number of fused-ring (bicyclic) bond motifs is 1. The van der Waals surface area contributed by atoms with Crippen LogP contribution >= 0.6 is 15.9 Å². The summed E-state index contributed by atoms with van der Waals surface area (Å²) in [7, 11) is 0. The smallest absolute Gasteiger partial charge is 0.0978 e. The van der Waals surface area contributed by atoms with Gasteiger partial charge in [0.2, 0.25) is 0 Å². The predicted molar refractivity (Wildman–Crippen MR) is 65.1 cm³/mol. The van der Waals surface area contributed by atoms with E-state index in [-0.39, 0.29) is 0 Å². The van der Waals surface area contributed by atoms with Crippen molar-refractivity contribution in [2.24, 2.45) is 0 Å². The van der Waals surface area contributed by atoms with Crippen molar-refractivity contribution in [1.29, 1.82) is 0 Å². The van der Waals surface area contributed by atoms with Gasteiger partial charge in [-0.3, -0.25) is 5.10 Å². The van der Waals surface area contributed by atoms with Crippen LogP contribution in [0.4, 0.5) is 0 Å². The molecule has 1 aromatic carbocycles. The quantitative estimate of drug-likeness (QED) is 0.871. The number of benzene rings is 1. The number of aromatic nitrogens is 2. The summed E-state index contributed by atoms with van der Waals surface area (Å²) in [4.78, 5) is 0. The average molecular weight is 279 g/mol. The summed E-state index contributed by atoms with van der Waals surface area (Å²) in [6.07, 6.45) is 0.929. The molecule has 1 aromatic heterocycles. The number of hydrogen-bond acceptors (Lipinski definition) is 2. The molecule has 0 unspecified atom stereocenters. The van der Waals surface area contributed by atoms with Gasteiger partial charge in [0.15, 0.2) is 0 Å². The monoisotopic (exact) mass is 278 g/mol. The maximum Gasteiger partial charge on any atom is 0.0978 e. The van der Waals surface area contributed by atoms with Crippen molar-refractivity contribution >= 4 is 15.9 Å². The fourth-order valence-corrected chi connectivity index (χ4v) is 2.22. The van der Waals surface area contributed by atoms with Gasteiger partial charge >= 0.3 is 0 Å². The number of ether oxygens (including phenoxy) is 1. The van der Waals surface area contributed by atoms with E-state index in [1.54, 1.807) is 0 Å². The van der Waals surface area contributed by atoms with E-state index < -0.39 is 0 Å². The standard InChI is InChI=1S/C12H11BrN2O/c13-9-3-1-8(2-4-9)12-10-7-16-6-5-11(10)14-15-12/h1-4H,5-7H2,(H,14,15). The molecule has 0 bridgehead atoms. The molecular formula is C12H11BrN2O. The van der Waals surface area contributed by atoms with Crippen LogP contribution in [0.1, 0.15) is 11.3 Å². The Hall–Kier alpha value is -1.13. The first-order valence-electron chi connectivity index (χ1n) is 5.24. The summed E-state index contributed by atoms with van der Waals surface area (Å²) in [5.74, 6) is 0. The third-order valence-electron chi connectivity index (χ3n) is 2.81. The Labute approximate surface area is 102 Å². The predicted octanol–water partition coefficient (Wildman–Crippen LogP) is 2.91. The van der Waals surface area contributed by atoms with Crippen molar-refractivity contribution in [3.8, 4) is 11.3 Å². The first-order chi connectivity index (χ1) is 7.84. The van der Waals surface area contributed by atoms with Crippen LogP contribution in [0, 0.1) is 0 Å². The van der Waals surface area contributed by atoms with Crippen molar-refractivity contribution in [1.82, 2.24) is 10.2 Å². The minimum atomic E-state index is 0.664. The highest BCUT2D eigenvalue weighted by atomic mass is 79.9. The lowest BCUT2D eigenvalue weighted by Crippen LogP contribution is -2.08. The van der Waals surface area contributed by atoms with Gasteiger partial charge in [0, 0.05) is 27.7 Å². The fraction of sp³-hybridized carbons (Fsp3) is 0.250. The number of H-pyrrole nitrogens is 1. The topological polar surface area (TPSA) is 37.9 Å². The zero-order valence-corrected chi connectivity index (χ0v) is 10.3. The molecule has 1 aliphatic rings. The maximum absolute atomic E-state index is 5.47. The molecule has 0 fully saturated rings. The van der Waals surface area contributed by atoms with E-state index in [0.717, 1.165) is 28.8 Å². The number of rotatable bonds is 1. The van der Waals surface area contributed by atoms with Gasteiger partial charge < -0.3 is 4.74 Å². The molecule has 0 saturated heterocycles. The number of nitrogens with one attached hydrogen (secondary N) is 1. The van der Waals surface area contributed by atoms with Crippen molar-refractivity contribution in [3.63, 3.8) is 0 Å². The van der Waals surface area contributed by atoms with Gasteiger partial charge in [-0.15, -0.1) is 0 Å².